The van der Waals surface area contributed by atoms with Crippen molar-refractivity contribution in [3.8, 4) is 5.75 Å². The largest absolute Gasteiger partial charge is 0.496 e. The Morgan fingerprint density at radius 2 is 1.83 bits per heavy atom. The summed E-state index contributed by atoms with van der Waals surface area (Å²) in [5.74, 6) is -1.71. The van der Waals surface area contributed by atoms with Crippen molar-refractivity contribution < 1.29 is 23.0 Å². The SMILES string of the molecule is COc1ccc(C(=O)Nc2c(F)cccc2F)cc1COC(C)C. The maximum absolute atomic E-state index is 13.6. The molecule has 1 N–H and O–H groups in total. The number of benzene rings is 2. The lowest BCUT2D eigenvalue weighted by atomic mass is 10.1. The van der Waals surface area contributed by atoms with Gasteiger partial charge in [0.2, 0.25) is 0 Å². The van der Waals surface area contributed by atoms with Gasteiger partial charge in [-0.3, -0.25) is 4.79 Å². The average Bonchev–Trinajstić information content (AvgIpc) is 2.55. The third-order valence-electron chi connectivity index (χ3n) is 3.32. The van der Waals surface area contributed by atoms with Gasteiger partial charge in [0.25, 0.3) is 5.91 Å². The Kier molecular flexibility index (Phi) is 5.87. The molecule has 0 unspecified atom stereocenters. The summed E-state index contributed by atoms with van der Waals surface area (Å²) in [5, 5.41) is 2.25. The van der Waals surface area contributed by atoms with Gasteiger partial charge in [0.1, 0.15) is 23.1 Å². The molecule has 1 amide bonds. The van der Waals surface area contributed by atoms with Gasteiger partial charge >= 0.3 is 0 Å². The highest BCUT2D eigenvalue weighted by Crippen LogP contribution is 2.23. The lowest BCUT2D eigenvalue weighted by Gasteiger charge is -2.13. The summed E-state index contributed by atoms with van der Waals surface area (Å²) in [7, 11) is 1.52. The Hall–Kier alpha value is -2.47. The second-order valence-corrected chi connectivity index (χ2v) is 5.44. The first-order valence-corrected chi connectivity index (χ1v) is 7.46. The summed E-state index contributed by atoms with van der Waals surface area (Å²) < 4.78 is 38.0. The predicted octanol–water partition coefficient (Wildman–Crippen LogP) is 4.15. The highest BCUT2D eigenvalue weighted by Gasteiger charge is 2.15. The molecule has 0 saturated carbocycles. The van der Waals surface area contributed by atoms with Crippen molar-refractivity contribution in [2.75, 3.05) is 12.4 Å². The van der Waals surface area contributed by atoms with E-state index in [0.29, 0.717) is 11.3 Å². The van der Waals surface area contributed by atoms with Gasteiger partial charge in [0.15, 0.2) is 0 Å². The van der Waals surface area contributed by atoms with Crippen LogP contribution in [0.15, 0.2) is 36.4 Å². The molecule has 2 aromatic carbocycles. The number of para-hydroxylation sites is 1. The second-order valence-electron chi connectivity index (χ2n) is 5.44. The molecule has 24 heavy (non-hydrogen) atoms. The van der Waals surface area contributed by atoms with Gasteiger partial charge < -0.3 is 14.8 Å². The maximum atomic E-state index is 13.6. The van der Waals surface area contributed by atoms with E-state index in [1.165, 1.54) is 19.2 Å². The molecule has 128 valence electrons. The Bertz CT molecular complexity index is 712. The number of methoxy groups -OCH3 is 1. The Morgan fingerprint density at radius 3 is 2.42 bits per heavy atom. The highest BCUT2D eigenvalue weighted by atomic mass is 19.1. The smallest absolute Gasteiger partial charge is 0.255 e. The molecule has 0 aromatic heterocycles. The minimum absolute atomic E-state index is 0.0136. The maximum Gasteiger partial charge on any atom is 0.255 e. The van der Waals surface area contributed by atoms with Crippen LogP contribution in [0, 0.1) is 11.6 Å². The Balaban J connectivity index is 2.24. The van der Waals surface area contributed by atoms with Crippen molar-refractivity contribution in [3.05, 3.63) is 59.2 Å². The van der Waals surface area contributed by atoms with Crippen LogP contribution >= 0.6 is 0 Å². The molecule has 2 rings (SSSR count). The van der Waals surface area contributed by atoms with Crippen molar-refractivity contribution in [2.24, 2.45) is 0 Å². The van der Waals surface area contributed by atoms with Crippen LogP contribution in [-0.2, 0) is 11.3 Å². The van der Waals surface area contributed by atoms with Gasteiger partial charge in [-0.15, -0.1) is 0 Å². The topological polar surface area (TPSA) is 47.6 Å². The number of ether oxygens (including phenoxy) is 2. The van der Waals surface area contributed by atoms with Crippen LogP contribution in [-0.4, -0.2) is 19.1 Å². The van der Waals surface area contributed by atoms with Crippen LogP contribution < -0.4 is 10.1 Å². The molecule has 0 atom stereocenters. The molecule has 0 aliphatic heterocycles. The number of carbonyl (C=O) groups excluding carboxylic acids is 1. The summed E-state index contributed by atoms with van der Waals surface area (Å²) in [6.45, 7) is 4.05. The molecule has 0 heterocycles. The zero-order valence-corrected chi connectivity index (χ0v) is 13.7. The van der Waals surface area contributed by atoms with Crippen molar-refractivity contribution in [2.45, 2.75) is 26.6 Å². The molecule has 0 aliphatic carbocycles. The van der Waals surface area contributed by atoms with Crippen molar-refractivity contribution in [3.63, 3.8) is 0 Å². The Labute approximate surface area is 139 Å². The van der Waals surface area contributed by atoms with Crippen LogP contribution in [0.2, 0.25) is 0 Å². The second kappa shape index (κ2) is 7.88. The van der Waals surface area contributed by atoms with E-state index in [1.54, 1.807) is 12.1 Å². The average molecular weight is 335 g/mol. The lowest BCUT2D eigenvalue weighted by molar-refractivity contribution is 0.0644. The zero-order valence-electron chi connectivity index (χ0n) is 13.7. The van der Waals surface area contributed by atoms with Gasteiger partial charge in [-0.2, -0.15) is 0 Å². The number of carbonyl (C=O) groups is 1. The van der Waals surface area contributed by atoms with E-state index in [2.05, 4.69) is 5.32 Å². The summed E-state index contributed by atoms with van der Waals surface area (Å²) in [6, 6.07) is 8.10. The summed E-state index contributed by atoms with van der Waals surface area (Å²) >= 11 is 0. The molecule has 0 spiro atoms. The molecule has 0 saturated heterocycles. The van der Waals surface area contributed by atoms with Crippen molar-refractivity contribution in [1.82, 2.24) is 0 Å². The first-order chi connectivity index (χ1) is 11.4. The molecule has 4 nitrogen and oxygen atoms in total. The number of hydrogen-bond acceptors (Lipinski definition) is 3. The number of anilines is 1. The van der Waals surface area contributed by atoms with Crippen molar-refractivity contribution >= 4 is 11.6 Å². The lowest BCUT2D eigenvalue weighted by Crippen LogP contribution is -2.15. The zero-order chi connectivity index (χ0) is 17.7. The van der Waals surface area contributed by atoms with Gasteiger partial charge in [-0.05, 0) is 44.2 Å². The fraction of sp³-hybridized carbons (Fsp3) is 0.278. The van der Waals surface area contributed by atoms with Crippen LogP contribution in [0.5, 0.6) is 5.75 Å². The molecule has 0 aliphatic rings. The first-order valence-electron chi connectivity index (χ1n) is 7.46. The first kappa shape index (κ1) is 17.9. The predicted molar refractivity (Wildman–Crippen MR) is 87.2 cm³/mol. The quantitative estimate of drug-likeness (QED) is 0.863. The van der Waals surface area contributed by atoms with Gasteiger partial charge in [-0.25, -0.2) is 8.78 Å². The summed E-state index contributed by atoms with van der Waals surface area (Å²) in [6.07, 6.45) is 0.0136. The van der Waals surface area contributed by atoms with Crippen molar-refractivity contribution in [1.29, 1.82) is 0 Å². The van der Waals surface area contributed by atoms with E-state index < -0.39 is 23.2 Å². The number of halogens is 2. The molecule has 2 aromatic rings. The fourth-order valence-corrected chi connectivity index (χ4v) is 2.09. The van der Waals surface area contributed by atoms with E-state index in [4.69, 9.17) is 9.47 Å². The van der Waals surface area contributed by atoms with E-state index >= 15 is 0 Å². The molecular weight excluding hydrogens is 316 g/mol. The third-order valence-corrected chi connectivity index (χ3v) is 3.32. The summed E-state index contributed by atoms with van der Waals surface area (Å²) in [4.78, 5) is 12.3. The minimum atomic E-state index is -0.833. The van der Waals surface area contributed by atoms with Crippen LogP contribution in [0.1, 0.15) is 29.8 Å². The number of nitrogens with one attached hydrogen (secondary N) is 1. The van der Waals surface area contributed by atoms with E-state index in [9.17, 15) is 13.6 Å². The molecule has 0 radical (unpaired) electrons. The monoisotopic (exact) mass is 335 g/mol. The molecule has 0 bridgehead atoms. The summed E-state index contributed by atoms with van der Waals surface area (Å²) in [5.41, 5.74) is 0.451. The molecule has 6 heteroatoms. The fourth-order valence-electron chi connectivity index (χ4n) is 2.09. The molecule has 0 fully saturated rings. The normalized spacial score (nSPS) is 10.8. The van der Waals surface area contributed by atoms with E-state index in [-0.39, 0.29) is 18.3 Å². The van der Waals surface area contributed by atoms with Gasteiger partial charge in [0.05, 0.1) is 19.8 Å². The molecular formula is C18H19F2NO3. The van der Waals surface area contributed by atoms with E-state index in [0.717, 1.165) is 12.1 Å². The van der Waals surface area contributed by atoms with Crippen LogP contribution in [0.3, 0.4) is 0 Å². The third kappa shape index (κ3) is 4.29. The standard InChI is InChI=1S/C18H19F2NO3/c1-11(2)24-10-13-9-12(7-8-16(13)23-3)18(22)21-17-14(19)5-4-6-15(17)20/h4-9,11H,10H2,1-3H3,(H,21,22). The highest BCUT2D eigenvalue weighted by molar-refractivity contribution is 6.04. The Morgan fingerprint density at radius 1 is 1.17 bits per heavy atom. The van der Waals surface area contributed by atoms with Gasteiger partial charge in [-0.1, -0.05) is 6.07 Å². The van der Waals surface area contributed by atoms with Crippen LogP contribution in [0.25, 0.3) is 0 Å². The van der Waals surface area contributed by atoms with Gasteiger partial charge in [0, 0.05) is 11.1 Å². The number of hydrogen-bond donors (Lipinski definition) is 1. The van der Waals surface area contributed by atoms with Crippen LogP contribution in [0.4, 0.5) is 14.5 Å². The van der Waals surface area contributed by atoms with E-state index in [1.807, 2.05) is 13.8 Å². The number of amides is 1. The number of rotatable bonds is 6. The minimum Gasteiger partial charge on any atom is -0.496 e.